The molecule has 13 heavy (non-hydrogen) atoms. The van der Waals surface area contributed by atoms with Crippen LogP contribution in [0, 0.1) is 0 Å². The van der Waals surface area contributed by atoms with Crippen molar-refractivity contribution in [3.8, 4) is 0 Å². The summed E-state index contributed by atoms with van der Waals surface area (Å²) in [6.07, 6.45) is 0.560. The molecule has 1 saturated heterocycles. The molecular formula is C9H15NO3. The predicted octanol–water partition coefficient (Wildman–Crippen LogP) is 0.0839. The lowest BCUT2D eigenvalue weighted by Gasteiger charge is -2.28. The third-order valence-electron chi connectivity index (χ3n) is 2.28. The number of carbonyl (C=O) groups is 1. The van der Waals surface area contributed by atoms with Crippen molar-refractivity contribution in [3.05, 3.63) is 12.2 Å². The van der Waals surface area contributed by atoms with E-state index in [0.29, 0.717) is 0 Å². The Labute approximate surface area is 77.5 Å². The van der Waals surface area contributed by atoms with Crippen LogP contribution in [0.5, 0.6) is 0 Å². The smallest absolute Gasteiger partial charge is 0.333 e. The van der Waals surface area contributed by atoms with Crippen LogP contribution in [-0.2, 0) is 4.79 Å². The van der Waals surface area contributed by atoms with E-state index in [-0.39, 0.29) is 6.54 Å². The highest BCUT2D eigenvalue weighted by molar-refractivity contribution is 5.72. The van der Waals surface area contributed by atoms with Crippen molar-refractivity contribution in [2.45, 2.75) is 18.9 Å². The van der Waals surface area contributed by atoms with E-state index in [1.807, 2.05) is 4.90 Å². The molecule has 1 atom stereocenters. The number of β-amino-alcohol motifs (C(OH)–C–C–N with tert-alkyl or cyclic N) is 1. The zero-order valence-electron chi connectivity index (χ0n) is 7.57. The van der Waals surface area contributed by atoms with Crippen LogP contribution < -0.4 is 0 Å². The summed E-state index contributed by atoms with van der Waals surface area (Å²) in [4.78, 5) is 12.3. The fourth-order valence-electron chi connectivity index (χ4n) is 1.37. The molecule has 2 N–H and O–H groups in total. The minimum Gasteiger partial charge on any atom is -0.479 e. The van der Waals surface area contributed by atoms with Crippen LogP contribution in [0.4, 0.5) is 0 Å². The van der Waals surface area contributed by atoms with Gasteiger partial charge in [-0.15, -0.1) is 0 Å². The standard InChI is InChI=1S/C9H15NO3/c1-7-2-4-10(5-3-7)6-8(11)9(12)13/h8,11H,1-6H2,(H,12,13). The largest absolute Gasteiger partial charge is 0.479 e. The maximum Gasteiger partial charge on any atom is 0.333 e. The Balaban J connectivity index is 2.30. The van der Waals surface area contributed by atoms with E-state index in [1.54, 1.807) is 0 Å². The van der Waals surface area contributed by atoms with Gasteiger partial charge in [0.05, 0.1) is 0 Å². The van der Waals surface area contributed by atoms with Crippen LogP contribution >= 0.6 is 0 Å². The summed E-state index contributed by atoms with van der Waals surface area (Å²) < 4.78 is 0. The molecule has 0 aliphatic carbocycles. The Morgan fingerprint density at radius 2 is 2.08 bits per heavy atom. The van der Waals surface area contributed by atoms with Gasteiger partial charge in [-0.1, -0.05) is 12.2 Å². The Kier molecular flexibility index (Phi) is 3.45. The number of carboxylic acid groups (broad SMARTS) is 1. The summed E-state index contributed by atoms with van der Waals surface area (Å²) in [7, 11) is 0. The normalized spacial score (nSPS) is 21.5. The molecule has 4 nitrogen and oxygen atoms in total. The lowest BCUT2D eigenvalue weighted by Crippen LogP contribution is -2.40. The zero-order chi connectivity index (χ0) is 9.84. The second kappa shape index (κ2) is 4.39. The summed E-state index contributed by atoms with van der Waals surface area (Å²) in [5.74, 6) is -1.15. The van der Waals surface area contributed by atoms with Gasteiger partial charge < -0.3 is 10.2 Å². The first-order valence-corrected chi connectivity index (χ1v) is 4.39. The molecule has 0 aromatic rings. The molecule has 1 fully saturated rings. The van der Waals surface area contributed by atoms with Gasteiger partial charge in [0.1, 0.15) is 0 Å². The summed E-state index contributed by atoms with van der Waals surface area (Å²) in [6.45, 7) is 5.70. The molecule has 4 heteroatoms. The van der Waals surface area contributed by atoms with Crippen LogP contribution in [0.2, 0.25) is 0 Å². The molecule has 74 valence electrons. The Hall–Kier alpha value is -0.870. The molecule has 0 radical (unpaired) electrons. The molecule has 0 bridgehead atoms. The number of carboxylic acids is 1. The van der Waals surface area contributed by atoms with Crippen LogP contribution in [0.15, 0.2) is 12.2 Å². The Morgan fingerprint density at radius 3 is 2.54 bits per heavy atom. The van der Waals surface area contributed by atoms with Gasteiger partial charge in [-0.05, 0) is 12.8 Å². The van der Waals surface area contributed by atoms with Crippen molar-refractivity contribution in [2.75, 3.05) is 19.6 Å². The first-order valence-electron chi connectivity index (χ1n) is 4.39. The molecule has 1 aliphatic rings. The number of nitrogens with zero attached hydrogens (tertiary/aromatic N) is 1. The molecule has 0 aromatic heterocycles. The molecule has 1 heterocycles. The molecule has 0 amide bonds. The van der Waals surface area contributed by atoms with Gasteiger partial charge >= 0.3 is 5.97 Å². The Morgan fingerprint density at radius 1 is 1.54 bits per heavy atom. The number of hydrogen-bond acceptors (Lipinski definition) is 3. The van der Waals surface area contributed by atoms with E-state index >= 15 is 0 Å². The third kappa shape index (κ3) is 3.16. The predicted molar refractivity (Wildman–Crippen MR) is 48.5 cm³/mol. The van der Waals surface area contributed by atoms with Gasteiger partial charge in [0.15, 0.2) is 6.10 Å². The monoisotopic (exact) mass is 185 g/mol. The van der Waals surface area contributed by atoms with Crippen LogP contribution in [-0.4, -0.2) is 46.8 Å². The second-order valence-corrected chi connectivity index (χ2v) is 3.40. The average Bonchev–Trinajstić information content (AvgIpc) is 2.08. The minimum atomic E-state index is -1.26. The van der Waals surface area contributed by atoms with Gasteiger partial charge in [-0.2, -0.15) is 0 Å². The van der Waals surface area contributed by atoms with E-state index in [0.717, 1.165) is 25.9 Å². The van der Waals surface area contributed by atoms with Gasteiger partial charge in [-0.25, -0.2) is 4.79 Å². The van der Waals surface area contributed by atoms with E-state index in [9.17, 15) is 4.79 Å². The van der Waals surface area contributed by atoms with E-state index < -0.39 is 12.1 Å². The van der Waals surface area contributed by atoms with Crippen molar-refractivity contribution in [1.29, 1.82) is 0 Å². The quantitative estimate of drug-likeness (QED) is 0.611. The highest BCUT2D eigenvalue weighted by Crippen LogP contribution is 2.13. The highest BCUT2D eigenvalue weighted by atomic mass is 16.4. The zero-order valence-corrected chi connectivity index (χ0v) is 7.57. The summed E-state index contributed by atoms with van der Waals surface area (Å²) in [6, 6.07) is 0. The van der Waals surface area contributed by atoms with Gasteiger partial charge in [0.25, 0.3) is 0 Å². The molecular weight excluding hydrogens is 170 g/mol. The highest BCUT2D eigenvalue weighted by Gasteiger charge is 2.19. The minimum absolute atomic E-state index is 0.225. The van der Waals surface area contributed by atoms with Crippen molar-refractivity contribution in [3.63, 3.8) is 0 Å². The third-order valence-corrected chi connectivity index (χ3v) is 2.28. The van der Waals surface area contributed by atoms with E-state index in [4.69, 9.17) is 10.2 Å². The molecule has 1 rings (SSSR count). The number of aliphatic hydroxyl groups excluding tert-OH is 1. The van der Waals surface area contributed by atoms with Crippen molar-refractivity contribution >= 4 is 5.97 Å². The maximum absolute atomic E-state index is 10.3. The van der Waals surface area contributed by atoms with Gasteiger partial charge in [-0.3, -0.25) is 4.90 Å². The molecule has 0 saturated carbocycles. The van der Waals surface area contributed by atoms with Gasteiger partial charge in [0.2, 0.25) is 0 Å². The van der Waals surface area contributed by atoms with Crippen LogP contribution in [0.25, 0.3) is 0 Å². The lowest BCUT2D eigenvalue weighted by atomic mass is 10.1. The van der Waals surface area contributed by atoms with Crippen LogP contribution in [0.3, 0.4) is 0 Å². The Bertz CT molecular complexity index is 205. The number of aliphatic hydroxyl groups is 1. The van der Waals surface area contributed by atoms with E-state index in [1.165, 1.54) is 5.57 Å². The SMILES string of the molecule is C=C1CCN(CC(O)C(=O)O)CC1. The first-order chi connectivity index (χ1) is 6.09. The fourth-order valence-corrected chi connectivity index (χ4v) is 1.37. The number of hydrogen-bond donors (Lipinski definition) is 2. The number of piperidine rings is 1. The van der Waals surface area contributed by atoms with Crippen molar-refractivity contribution in [1.82, 2.24) is 4.90 Å². The van der Waals surface area contributed by atoms with Crippen molar-refractivity contribution < 1.29 is 15.0 Å². The number of rotatable bonds is 3. The lowest BCUT2D eigenvalue weighted by molar-refractivity contribution is -0.147. The second-order valence-electron chi connectivity index (χ2n) is 3.40. The first kappa shape index (κ1) is 10.2. The topological polar surface area (TPSA) is 60.8 Å². The molecule has 0 aromatic carbocycles. The summed E-state index contributed by atoms with van der Waals surface area (Å²) in [5, 5.41) is 17.6. The van der Waals surface area contributed by atoms with Crippen LogP contribution in [0.1, 0.15) is 12.8 Å². The molecule has 1 aliphatic heterocycles. The molecule has 1 unspecified atom stereocenters. The number of aliphatic carboxylic acids is 1. The summed E-state index contributed by atoms with van der Waals surface area (Å²) >= 11 is 0. The fraction of sp³-hybridized carbons (Fsp3) is 0.667. The van der Waals surface area contributed by atoms with Crippen molar-refractivity contribution in [2.24, 2.45) is 0 Å². The molecule has 0 spiro atoms. The van der Waals surface area contributed by atoms with E-state index in [2.05, 4.69) is 6.58 Å². The summed E-state index contributed by atoms with van der Waals surface area (Å²) in [5.41, 5.74) is 1.21. The maximum atomic E-state index is 10.3. The van der Waals surface area contributed by atoms with Gasteiger partial charge in [0, 0.05) is 19.6 Å². The average molecular weight is 185 g/mol. The number of likely N-dealkylation sites (tertiary alicyclic amines) is 1.